The molecule has 0 aromatic heterocycles. The summed E-state index contributed by atoms with van der Waals surface area (Å²) in [7, 11) is -3.79. The molecule has 2 aliphatic carbocycles. The van der Waals surface area contributed by atoms with Crippen molar-refractivity contribution in [1.82, 2.24) is 20.3 Å². The summed E-state index contributed by atoms with van der Waals surface area (Å²) < 4.78 is 32.7. The van der Waals surface area contributed by atoms with Crippen LogP contribution in [0, 0.1) is 5.92 Å². The summed E-state index contributed by atoms with van der Waals surface area (Å²) in [6.07, 6.45) is 11.4. The van der Waals surface area contributed by atoms with Gasteiger partial charge in [0.1, 0.15) is 23.2 Å². The van der Waals surface area contributed by atoms with Crippen LogP contribution in [-0.2, 0) is 29.1 Å². The van der Waals surface area contributed by atoms with Crippen LogP contribution in [0.3, 0.4) is 0 Å². The van der Waals surface area contributed by atoms with Crippen LogP contribution >= 0.6 is 0 Å². The standard InChI is InChI=1S/C28H44N4O7S/c1-27(2,3)39-26(36)29-21-13-10-8-6-4-5-7-9-12-19-18-28(19,25(35)31-40(37,38)20-15-16-20)30-23(33)22-14-11-17-32(22)24(21)34/h9,12,19-22H,4-8,10-11,13-18H2,1-3H3,(H,29,36)(H,30,33)(H,31,35)/t19-,21?,22+,28-/m1/s1. The normalized spacial score (nSPS) is 30.4. The van der Waals surface area contributed by atoms with E-state index in [2.05, 4.69) is 15.4 Å². The SMILES string of the molecule is CC(C)(C)OC(=O)NC1CCCCCCCC=C[C@@H]2C[C@@]2(C(=O)NS(=O)(=O)C2CC2)NC(=O)[C@@H]2CCCN2C1=O. The number of amides is 4. The van der Waals surface area contributed by atoms with Crippen molar-refractivity contribution in [2.75, 3.05) is 6.54 Å². The van der Waals surface area contributed by atoms with Crippen LogP contribution in [0.25, 0.3) is 0 Å². The number of nitrogens with one attached hydrogen (secondary N) is 3. The van der Waals surface area contributed by atoms with E-state index < -0.39 is 56.4 Å². The highest BCUT2D eigenvalue weighted by Crippen LogP contribution is 2.46. The van der Waals surface area contributed by atoms with Crippen LogP contribution in [0.2, 0.25) is 0 Å². The number of ether oxygens (including phenoxy) is 1. The topological polar surface area (TPSA) is 151 Å². The maximum absolute atomic E-state index is 13.7. The molecule has 2 heterocycles. The fraction of sp³-hybridized carbons (Fsp3) is 0.786. The Morgan fingerprint density at radius 2 is 1.73 bits per heavy atom. The summed E-state index contributed by atoms with van der Waals surface area (Å²) >= 11 is 0. The largest absolute Gasteiger partial charge is 0.444 e. The Labute approximate surface area is 237 Å². The number of nitrogens with zero attached hydrogens (tertiary/aromatic N) is 1. The van der Waals surface area contributed by atoms with Gasteiger partial charge in [0.05, 0.1) is 5.25 Å². The van der Waals surface area contributed by atoms with E-state index in [1.165, 1.54) is 4.90 Å². The van der Waals surface area contributed by atoms with Gasteiger partial charge in [-0.3, -0.25) is 19.1 Å². The van der Waals surface area contributed by atoms with Gasteiger partial charge in [-0.25, -0.2) is 13.2 Å². The molecule has 4 aliphatic rings. The highest BCUT2D eigenvalue weighted by Gasteiger charge is 2.61. The van der Waals surface area contributed by atoms with Crippen LogP contribution in [-0.4, -0.2) is 72.2 Å². The summed E-state index contributed by atoms with van der Waals surface area (Å²) in [5.41, 5.74) is -2.09. The number of carbonyl (C=O) groups excluding carboxylic acids is 4. The monoisotopic (exact) mass is 580 g/mol. The molecule has 3 fully saturated rings. The van der Waals surface area contributed by atoms with Gasteiger partial charge >= 0.3 is 6.09 Å². The molecule has 0 bridgehead atoms. The second-order valence-electron chi connectivity index (χ2n) is 12.6. The van der Waals surface area contributed by atoms with Crippen molar-refractivity contribution < 1.29 is 32.3 Å². The average molecular weight is 581 g/mol. The smallest absolute Gasteiger partial charge is 0.408 e. The van der Waals surface area contributed by atoms with E-state index in [9.17, 15) is 27.6 Å². The third kappa shape index (κ3) is 7.55. The number of hydrogen-bond donors (Lipinski definition) is 3. The number of alkyl carbamates (subject to hydrolysis) is 1. The summed E-state index contributed by atoms with van der Waals surface area (Å²) in [6, 6.07) is -1.66. The lowest BCUT2D eigenvalue weighted by atomic mass is 10.0. The van der Waals surface area contributed by atoms with E-state index in [4.69, 9.17) is 4.74 Å². The lowest BCUT2D eigenvalue weighted by Gasteiger charge is -2.30. The van der Waals surface area contributed by atoms with Crippen molar-refractivity contribution in [3.05, 3.63) is 12.2 Å². The molecule has 1 saturated heterocycles. The Balaban J connectivity index is 1.54. The molecule has 2 aliphatic heterocycles. The van der Waals surface area contributed by atoms with Crippen LogP contribution in [0.5, 0.6) is 0 Å². The molecule has 0 spiro atoms. The van der Waals surface area contributed by atoms with Crippen molar-refractivity contribution in [3.8, 4) is 0 Å². The van der Waals surface area contributed by atoms with Gasteiger partial charge in [-0.15, -0.1) is 0 Å². The molecule has 40 heavy (non-hydrogen) atoms. The fourth-order valence-electron chi connectivity index (χ4n) is 5.58. The van der Waals surface area contributed by atoms with E-state index in [0.29, 0.717) is 45.1 Å². The highest BCUT2D eigenvalue weighted by molar-refractivity contribution is 7.91. The van der Waals surface area contributed by atoms with Crippen LogP contribution in [0.1, 0.15) is 97.8 Å². The fourth-order valence-corrected chi connectivity index (χ4v) is 6.94. The summed E-state index contributed by atoms with van der Waals surface area (Å²) in [4.78, 5) is 54.7. The van der Waals surface area contributed by atoms with Gasteiger partial charge in [0, 0.05) is 12.5 Å². The molecule has 4 amide bonds. The zero-order valence-electron chi connectivity index (χ0n) is 23.9. The first-order valence-corrected chi connectivity index (χ1v) is 16.2. The number of sulfonamides is 1. The van der Waals surface area contributed by atoms with Gasteiger partial charge in [0.25, 0.3) is 5.91 Å². The third-order valence-corrected chi connectivity index (χ3v) is 9.84. The van der Waals surface area contributed by atoms with E-state index in [-0.39, 0.29) is 11.8 Å². The maximum atomic E-state index is 13.7. The number of hydrogen-bond acceptors (Lipinski definition) is 7. The minimum Gasteiger partial charge on any atom is -0.444 e. The number of rotatable bonds is 4. The molecule has 2 saturated carbocycles. The first-order chi connectivity index (χ1) is 18.8. The molecule has 4 rings (SSSR count). The third-order valence-electron chi connectivity index (χ3n) is 8.02. The van der Waals surface area contributed by atoms with Gasteiger partial charge in [0.15, 0.2) is 0 Å². The Bertz CT molecular complexity index is 1130. The number of allylic oxidation sites excluding steroid dienone is 1. The molecule has 0 radical (unpaired) electrons. The molecular weight excluding hydrogens is 536 g/mol. The van der Waals surface area contributed by atoms with Crippen molar-refractivity contribution in [2.24, 2.45) is 5.92 Å². The van der Waals surface area contributed by atoms with E-state index in [0.717, 1.165) is 38.5 Å². The lowest BCUT2D eigenvalue weighted by molar-refractivity contribution is -0.141. The first-order valence-electron chi connectivity index (χ1n) is 14.7. The molecule has 0 aromatic rings. The first kappa shape index (κ1) is 30.3. The average Bonchev–Trinajstić information content (AvgIpc) is 3.77. The Hall–Kier alpha value is -2.63. The molecule has 12 heteroatoms. The predicted molar refractivity (Wildman–Crippen MR) is 148 cm³/mol. The van der Waals surface area contributed by atoms with Crippen molar-refractivity contribution in [2.45, 2.75) is 126 Å². The number of carbonyl (C=O) groups is 4. The molecule has 3 N–H and O–H groups in total. The maximum Gasteiger partial charge on any atom is 0.408 e. The second kappa shape index (κ2) is 12.1. The van der Waals surface area contributed by atoms with E-state index in [1.807, 2.05) is 12.2 Å². The van der Waals surface area contributed by atoms with Crippen molar-refractivity contribution in [3.63, 3.8) is 0 Å². The van der Waals surface area contributed by atoms with Gasteiger partial charge in [-0.1, -0.05) is 37.8 Å². The zero-order chi connectivity index (χ0) is 29.1. The van der Waals surface area contributed by atoms with Gasteiger partial charge in [-0.05, 0) is 72.1 Å². The molecule has 4 atom stereocenters. The highest BCUT2D eigenvalue weighted by atomic mass is 32.2. The Morgan fingerprint density at radius 1 is 1.02 bits per heavy atom. The quantitative estimate of drug-likeness (QED) is 0.433. The van der Waals surface area contributed by atoms with Gasteiger partial charge in [-0.2, -0.15) is 0 Å². The van der Waals surface area contributed by atoms with Crippen molar-refractivity contribution >= 4 is 33.8 Å². The Kier molecular flexibility index (Phi) is 9.16. The summed E-state index contributed by atoms with van der Waals surface area (Å²) in [5, 5.41) is 5.01. The van der Waals surface area contributed by atoms with E-state index >= 15 is 0 Å². The van der Waals surface area contributed by atoms with Gasteiger partial charge < -0.3 is 20.3 Å². The molecule has 0 aromatic carbocycles. The summed E-state index contributed by atoms with van der Waals surface area (Å²) in [6.45, 7) is 5.60. The Morgan fingerprint density at radius 3 is 2.42 bits per heavy atom. The van der Waals surface area contributed by atoms with Crippen LogP contribution in [0.4, 0.5) is 4.79 Å². The van der Waals surface area contributed by atoms with Crippen LogP contribution in [0.15, 0.2) is 12.2 Å². The molecule has 1 unspecified atom stereocenters. The lowest BCUT2D eigenvalue weighted by Crippen LogP contribution is -2.58. The molecule has 224 valence electrons. The van der Waals surface area contributed by atoms with Gasteiger partial charge in [0.2, 0.25) is 21.8 Å². The molecule has 11 nitrogen and oxygen atoms in total. The minimum absolute atomic E-state index is 0.296. The second-order valence-corrected chi connectivity index (χ2v) is 14.6. The minimum atomic E-state index is -3.79. The predicted octanol–water partition coefficient (Wildman–Crippen LogP) is 2.65. The number of fused-ring (bicyclic) bond motifs is 2. The van der Waals surface area contributed by atoms with Crippen LogP contribution < -0.4 is 15.4 Å². The molecular formula is C28H44N4O7S. The summed E-state index contributed by atoms with van der Waals surface area (Å²) in [5.74, 6) is -1.88. The zero-order valence-corrected chi connectivity index (χ0v) is 24.7. The van der Waals surface area contributed by atoms with E-state index in [1.54, 1.807) is 20.8 Å². The van der Waals surface area contributed by atoms with Crippen molar-refractivity contribution in [1.29, 1.82) is 0 Å².